The SMILES string of the molecule is [O]C(Cc1ccccc1)OC1CCCCC1. The standard InChI is InChI=1S/C14H19O2/c15-14(11-12-7-3-1-4-8-12)16-13-9-5-2-6-10-13/h1,3-4,7-8,13-14H,2,5-6,9-11H2. The first-order valence-electron chi connectivity index (χ1n) is 6.20. The molecule has 16 heavy (non-hydrogen) atoms. The van der Waals surface area contributed by atoms with Crippen LogP contribution in [0.5, 0.6) is 0 Å². The van der Waals surface area contributed by atoms with E-state index in [1.54, 1.807) is 0 Å². The predicted octanol–water partition coefficient (Wildman–Crippen LogP) is 3.34. The zero-order valence-electron chi connectivity index (χ0n) is 9.60. The van der Waals surface area contributed by atoms with Gasteiger partial charge in [0.2, 0.25) is 0 Å². The van der Waals surface area contributed by atoms with Gasteiger partial charge in [0.1, 0.15) is 0 Å². The molecule has 0 aliphatic heterocycles. The second-order valence-electron chi connectivity index (χ2n) is 4.52. The van der Waals surface area contributed by atoms with Gasteiger partial charge < -0.3 is 4.74 Å². The Labute approximate surface area is 97.3 Å². The molecule has 1 aliphatic rings. The summed E-state index contributed by atoms with van der Waals surface area (Å²) in [4.78, 5) is 0. The van der Waals surface area contributed by atoms with Crippen LogP contribution < -0.4 is 0 Å². The molecule has 1 aliphatic carbocycles. The minimum absolute atomic E-state index is 0.208. The molecule has 0 saturated heterocycles. The van der Waals surface area contributed by atoms with Gasteiger partial charge >= 0.3 is 0 Å². The van der Waals surface area contributed by atoms with Crippen molar-refractivity contribution < 1.29 is 9.84 Å². The summed E-state index contributed by atoms with van der Waals surface area (Å²) in [5, 5.41) is 11.7. The monoisotopic (exact) mass is 219 g/mol. The van der Waals surface area contributed by atoms with E-state index in [9.17, 15) is 5.11 Å². The van der Waals surface area contributed by atoms with Crippen LogP contribution in [0.2, 0.25) is 0 Å². The molecule has 1 fully saturated rings. The molecule has 1 atom stereocenters. The lowest BCUT2D eigenvalue weighted by atomic mass is 9.98. The minimum Gasteiger partial charge on any atom is -0.346 e. The zero-order valence-corrected chi connectivity index (χ0v) is 9.60. The maximum atomic E-state index is 11.7. The predicted molar refractivity (Wildman–Crippen MR) is 62.6 cm³/mol. The molecule has 87 valence electrons. The van der Waals surface area contributed by atoms with Crippen molar-refractivity contribution in [3.05, 3.63) is 35.9 Å². The highest BCUT2D eigenvalue weighted by Crippen LogP contribution is 2.21. The number of benzene rings is 1. The lowest BCUT2D eigenvalue weighted by Gasteiger charge is -2.24. The number of hydrogen-bond donors (Lipinski definition) is 0. The molecule has 1 aromatic rings. The van der Waals surface area contributed by atoms with Crippen molar-refractivity contribution in [3.63, 3.8) is 0 Å². The van der Waals surface area contributed by atoms with Crippen LogP contribution in [0.1, 0.15) is 37.7 Å². The average molecular weight is 219 g/mol. The average Bonchev–Trinajstić information content (AvgIpc) is 2.31. The summed E-state index contributed by atoms with van der Waals surface area (Å²) in [6.07, 6.45) is 5.64. The summed E-state index contributed by atoms with van der Waals surface area (Å²) in [6.45, 7) is 0. The van der Waals surface area contributed by atoms with Crippen molar-refractivity contribution in [2.75, 3.05) is 0 Å². The maximum Gasteiger partial charge on any atom is 0.195 e. The molecule has 0 bridgehead atoms. The van der Waals surface area contributed by atoms with Crippen molar-refractivity contribution in [2.24, 2.45) is 0 Å². The highest BCUT2D eigenvalue weighted by Gasteiger charge is 2.18. The Kier molecular flexibility index (Phi) is 4.37. The molecule has 1 unspecified atom stereocenters. The van der Waals surface area contributed by atoms with E-state index in [0.29, 0.717) is 6.42 Å². The third-order valence-electron chi connectivity index (χ3n) is 3.14. The smallest absolute Gasteiger partial charge is 0.195 e. The highest BCUT2D eigenvalue weighted by molar-refractivity contribution is 5.14. The molecular formula is C14H19O2. The van der Waals surface area contributed by atoms with Gasteiger partial charge in [0.05, 0.1) is 6.10 Å². The molecule has 1 aromatic carbocycles. The summed E-state index contributed by atoms with van der Waals surface area (Å²) >= 11 is 0. The van der Waals surface area contributed by atoms with Gasteiger partial charge in [0, 0.05) is 6.42 Å². The maximum absolute atomic E-state index is 11.7. The van der Waals surface area contributed by atoms with Crippen LogP contribution in [-0.2, 0) is 16.3 Å². The Morgan fingerprint density at radius 3 is 2.50 bits per heavy atom. The third kappa shape index (κ3) is 3.62. The fraction of sp³-hybridized carbons (Fsp3) is 0.571. The van der Waals surface area contributed by atoms with Gasteiger partial charge in [0.15, 0.2) is 6.29 Å². The molecule has 1 radical (unpaired) electrons. The second-order valence-corrected chi connectivity index (χ2v) is 4.52. The molecule has 0 spiro atoms. The molecule has 1 saturated carbocycles. The van der Waals surface area contributed by atoms with Crippen molar-refractivity contribution in [2.45, 2.75) is 50.9 Å². The van der Waals surface area contributed by atoms with Crippen LogP contribution in [0.3, 0.4) is 0 Å². The molecular weight excluding hydrogens is 200 g/mol. The first kappa shape index (κ1) is 11.6. The molecule has 2 rings (SSSR count). The van der Waals surface area contributed by atoms with E-state index in [0.717, 1.165) is 18.4 Å². The Morgan fingerprint density at radius 1 is 1.12 bits per heavy atom. The van der Waals surface area contributed by atoms with Gasteiger partial charge in [-0.05, 0) is 18.4 Å². The summed E-state index contributed by atoms with van der Waals surface area (Å²) in [5.74, 6) is 0. The first-order valence-corrected chi connectivity index (χ1v) is 6.20. The van der Waals surface area contributed by atoms with Gasteiger partial charge in [-0.15, -0.1) is 0 Å². The van der Waals surface area contributed by atoms with E-state index in [4.69, 9.17) is 4.74 Å². The highest BCUT2D eigenvalue weighted by atomic mass is 16.6. The van der Waals surface area contributed by atoms with Crippen LogP contribution in [0, 0.1) is 0 Å². The van der Waals surface area contributed by atoms with Gasteiger partial charge in [-0.3, -0.25) is 0 Å². The number of rotatable bonds is 4. The topological polar surface area (TPSA) is 29.1 Å². The fourth-order valence-electron chi connectivity index (χ4n) is 2.27. The second kappa shape index (κ2) is 6.02. The van der Waals surface area contributed by atoms with E-state index in [1.165, 1.54) is 19.3 Å². The molecule has 0 N–H and O–H groups in total. The third-order valence-corrected chi connectivity index (χ3v) is 3.14. The van der Waals surface area contributed by atoms with Gasteiger partial charge in [-0.25, -0.2) is 5.11 Å². The van der Waals surface area contributed by atoms with Crippen molar-refractivity contribution >= 4 is 0 Å². The van der Waals surface area contributed by atoms with Crippen LogP contribution in [0.4, 0.5) is 0 Å². The summed E-state index contributed by atoms with van der Waals surface area (Å²) in [6, 6.07) is 9.85. The van der Waals surface area contributed by atoms with Crippen LogP contribution >= 0.6 is 0 Å². The van der Waals surface area contributed by atoms with E-state index >= 15 is 0 Å². The van der Waals surface area contributed by atoms with E-state index in [-0.39, 0.29) is 6.10 Å². The fourth-order valence-corrected chi connectivity index (χ4v) is 2.27. The number of ether oxygens (including phenoxy) is 1. The van der Waals surface area contributed by atoms with Gasteiger partial charge in [-0.2, -0.15) is 0 Å². The number of hydrogen-bond acceptors (Lipinski definition) is 1. The Balaban J connectivity index is 1.77. The lowest BCUT2D eigenvalue weighted by molar-refractivity contribution is -0.174. The first-order chi connectivity index (χ1) is 7.84. The Morgan fingerprint density at radius 2 is 1.81 bits per heavy atom. The summed E-state index contributed by atoms with van der Waals surface area (Å²) < 4.78 is 5.54. The van der Waals surface area contributed by atoms with Crippen LogP contribution in [0.25, 0.3) is 0 Å². The molecule has 2 nitrogen and oxygen atoms in total. The van der Waals surface area contributed by atoms with Crippen LogP contribution in [-0.4, -0.2) is 12.4 Å². The van der Waals surface area contributed by atoms with Crippen molar-refractivity contribution in [1.29, 1.82) is 0 Å². The Bertz CT molecular complexity index is 291. The molecule has 0 aromatic heterocycles. The zero-order chi connectivity index (χ0) is 11.2. The van der Waals surface area contributed by atoms with E-state index in [1.807, 2.05) is 30.3 Å². The summed E-state index contributed by atoms with van der Waals surface area (Å²) in [5.41, 5.74) is 1.07. The van der Waals surface area contributed by atoms with E-state index < -0.39 is 6.29 Å². The summed E-state index contributed by atoms with van der Waals surface area (Å²) in [7, 11) is 0. The van der Waals surface area contributed by atoms with E-state index in [2.05, 4.69) is 0 Å². The minimum atomic E-state index is -0.898. The van der Waals surface area contributed by atoms with Crippen LogP contribution in [0.15, 0.2) is 30.3 Å². The van der Waals surface area contributed by atoms with Gasteiger partial charge in [-0.1, -0.05) is 49.6 Å². The molecule has 2 heteroatoms. The van der Waals surface area contributed by atoms with Gasteiger partial charge in [0.25, 0.3) is 0 Å². The largest absolute Gasteiger partial charge is 0.346 e. The molecule has 0 amide bonds. The quantitative estimate of drug-likeness (QED) is 0.714. The molecule has 0 heterocycles. The normalized spacial score (nSPS) is 19.6. The Hall–Kier alpha value is -0.860. The van der Waals surface area contributed by atoms with Crippen molar-refractivity contribution in [3.8, 4) is 0 Å². The van der Waals surface area contributed by atoms with Crippen molar-refractivity contribution in [1.82, 2.24) is 0 Å². The lowest BCUT2D eigenvalue weighted by Crippen LogP contribution is -2.24.